The van der Waals surface area contributed by atoms with E-state index in [9.17, 15) is 9.59 Å². The first-order valence-electron chi connectivity index (χ1n) is 5.67. The number of imide groups is 1. The van der Waals surface area contributed by atoms with Crippen molar-refractivity contribution >= 4 is 39.1 Å². The first-order chi connectivity index (χ1) is 8.60. The minimum Gasteiger partial charge on any atom is -0.386 e. The van der Waals surface area contributed by atoms with Crippen molar-refractivity contribution in [2.75, 3.05) is 17.7 Å². The zero-order valence-electron chi connectivity index (χ0n) is 9.92. The molecule has 2 rings (SSSR count). The van der Waals surface area contributed by atoms with Gasteiger partial charge in [-0.15, -0.1) is 0 Å². The highest BCUT2D eigenvalue weighted by molar-refractivity contribution is 9.10. The number of benzene rings is 1. The predicted molar refractivity (Wildman–Crippen MR) is 73.5 cm³/mol. The van der Waals surface area contributed by atoms with Gasteiger partial charge in [-0.05, 0) is 24.6 Å². The van der Waals surface area contributed by atoms with Crippen molar-refractivity contribution in [1.29, 1.82) is 0 Å². The molecule has 0 radical (unpaired) electrons. The second-order valence-electron chi connectivity index (χ2n) is 4.09. The molecule has 18 heavy (non-hydrogen) atoms. The fourth-order valence-corrected chi connectivity index (χ4v) is 2.23. The van der Waals surface area contributed by atoms with E-state index in [2.05, 4.69) is 31.9 Å². The highest BCUT2D eigenvalue weighted by Gasteiger charge is 2.26. The lowest BCUT2D eigenvalue weighted by Crippen LogP contribution is -2.47. The Labute approximate surface area is 113 Å². The van der Waals surface area contributed by atoms with Gasteiger partial charge in [-0.25, -0.2) is 0 Å². The summed E-state index contributed by atoms with van der Waals surface area (Å²) in [5.74, 6) is -0.473. The Morgan fingerprint density at radius 2 is 2.11 bits per heavy atom. The van der Waals surface area contributed by atoms with E-state index < -0.39 is 0 Å². The Kier molecular flexibility index (Phi) is 3.86. The SMILES string of the molecule is CNc1cc(Br)ccc1NC1CCC(=O)NC1=O. The molecule has 1 heterocycles. The lowest BCUT2D eigenvalue weighted by atomic mass is 10.1. The first-order valence-corrected chi connectivity index (χ1v) is 6.47. The molecular weight excluding hydrogens is 298 g/mol. The number of piperidine rings is 1. The Hall–Kier alpha value is -1.56. The number of amides is 2. The van der Waals surface area contributed by atoms with Gasteiger partial charge in [-0.3, -0.25) is 14.9 Å². The second kappa shape index (κ2) is 5.39. The highest BCUT2D eigenvalue weighted by Crippen LogP contribution is 2.27. The minimum atomic E-state index is -0.365. The van der Waals surface area contributed by atoms with Crippen molar-refractivity contribution in [2.24, 2.45) is 0 Å². The summed E-state index contributed by atoms with van der Waals surface area (Å²) in [6, 6.07) is 5.35. The summed E-state index contributed by atoms with van der Waals surface area (Å²) in [7, 11) is 1.82. The summed E-state index contributed by atoms with van der Waals surface area (Å²) in [5, 5.41) is 8.54. The van der Waals surface area contributed by atoms with Crippen molar-refractivity contribution in [2.45, 2.75) is 18.9 Å². The molecule has 1 saturated heterocycles. The van der Waals surface area contributed by atoms with E-state index in [1.54, 1.807) is 0 Å². The van der Waals surface area contributed by atoms with E-state index in [4.69, 9.17) is 0 Å². The van der Waals surface area contributed by atoms with Crippen LogP contribution in [0.15, 0.2) is 22.7 Å². The predicted octanol–water partition coefficient (Wildman–Crippen LogP) is 1.71. The molecular formula is C12H14BrN3O2. The molecule has 0 saturated carbocycles. The van der Waals surface area contributed by atoms with Gasteiger partial charge in [0.15, 0.2) is 0 Å². The van der Waals surface area contributed by atoms with Crippen LogP contribution in [0.3, 0.4) is 0 Å². The van der Waals surface area contributed by atoms with E-state index in [0.717, 1.165) is 15.8 Å². The molecule has 2 amide bonds. The number of hydrogen-bond acceptors (Lipinski definition) is 4. The maximum absolute atomic E-state index is 11.7. The quantitative estimate of drug-likeness (QED) is 0.743. The van der Waals surface area contributed by atoms with Crippen LogP contribution in [0.5, 0.6) is 0 Å². The van der Waals surface area contributed by atoms with Gasteiger partial charge in [0.1, 0.15) is 6.04 Å². The molecule has 1 fully saturated rings. The summed E-state index contributed by atoms with van der Waals surface area (Å²) in [6.45, 7) is 0. The Morgan fingerprint density at radius 1 is 1.33 bits per heavy atom. The summed E-state index contributed by atoms with van der Waals surface area (Å²) >= 11 is 3.39. The summed E-state index contributed by atoms with van der Waals surface area (Å²) in [6.07, 6.45) is 0.888. The molecule has 1 aliphatic rings. The third-order valence-electron chi connectivity index (χ3n) is 2.82. The average molecular weight is 312 g/mol. The third kappa shape index (κ3) is 2.81. The van der Waals surface area contributed by atoms with Crippen LogP contribution in [0.2, 0.25) is 0 Å². The number of carbonyl (C=O) groups is 2. The fourth-order valence-electron chi connectivity index (χ4n) is 1.87. The zero-order valence-corrected chi connectivity index (χ0v) is 11.5. The normalized spacial score (nSPS) is 19.3. The number of hydrogen-bond donors (Lipinski definition) is 3. The molecule has 0 aromatic heterocycles. The van der Waals surface area contributed by atoms with E-state index in [1.807, 2.05) is 25.2 Å². The first kappa shape index (κ1) is 12.9. The van der Waals surface area contributed by atoms with Crippen molar-refractivity contribution in [3.8, 4) is 0 Å². The van der Waals surface area contributed by atoms with Gasteiger partial charge in [0.05, 0.1) is 11.4 Å². The van der Waals surface area contributed by atoms with Gasteiger partial charge in [0.2, 0.25) is 11.8 Å². The molecule has 0 bridgehead atoms. The van der Waals surface area contributed by atoms with Gasteiger partial charge in [0.25, 0.3) is 0 Å². The third-order valence-corrected chi connectivity index (χ3v) is 3.31. The van der Waals surface area contributed by atoms with Crippen LogP contribution in [0, 0.1) is 0 Å². The topological polar surface area (TPSA) is 70.2 Å². The summed E-state index contributed by atoms with van der Waals surface area (Å²) in [5.41, 5.74) is 1.74. The van der Waals surface area contributed by atoms with Gasteiger partial charge in [-0.2, -0.15) is 0 Å². The Morgan fingerprint density at radius 3 is 2.78 bits per heavy atom. The number of rotatable bonds is 3. The smallest absolute Gasteiger partial charge is 0.249 e. The second-order valence-corrected chi connectivity index (χ2v) is 5.00. The average Bonchev–Trinajstić information content (AvgIpc) is 2.34. The van der Waals surface area contributed by atoms with Crippen LogP contribution < -0.4 is 16.0 Å². The van der Waals surface area contributed by atoms with E-state index in [1.165, 1.54) is 0 Å². The van der Waals surface area contributed by atoms with Crippen LogP contribution in [0.25, 0.3) is 0 Å². The molecule has 1 atom stereocenters. The van der Waals surface area contributed by atoms with Crippen LogP contribution in [-0.2, 0) is 9.59 Å². The monoisotopic (exact) mass is 311 g/mol. The summed E-state index contributed by atoms with van der Waals surface area (Å²) < 4.78 is 0.959. The molecule has 1 unspecified atom stereocenters. The van der Waals surface area contributed by atoms with Gasteiger partial charge in [0, 0.05) is 17.9 Å². The fraction of sp³-hybridized carbons (Fsp3) is 0.333. The van der Waals surface area contributed by atoms with Crippen LogP contribution in [-0.4, -0.2) is 24.9 Å². The van der Waals surface area contributed by atoms with Crippen molar-refractivity contribution in [3.63, 3.8) is 0 Å². The van der Waals surface area contributed by atoms with Crippen LogP contribution in [0.1, 0.15) is 12.8 Å². The lowest BCUT2D eigenvalue weighted by molar-refractivity contribution is -0.133. The van der Waals surface area contributed by atoms with Gasteiger partial charge in [-0.1, -0.05) is 15.9 Å². The number of nitrogens with one attached hydrogen (secondary N) is 3. The standard InChI is InChI=1S/C12H14BrN3O2/c1-14-10-6-7(13)2-3-8(10)15-9-4-5-11(17)16-12(9)18/h2-3,6,9,14-15H,4-5H2,1H3,(H,16,17,18). The largest absolute Gasteiger partial charge is 0.386 e. The molecule has 1 aromatic carbocycles. The van der Waals surface area contributed by atoms with Gasteiger partial charge >= 0.3 is 0 Å². The highest BCUT2D eigenvalue weighted by atomic mass is 79.9. The van der Waals surface area contributed by atoms with Gasteiger partial charge < -0.3 is 10.6 Å². The molecule has 3 N–H and O–H groups in total. The maximum atomic E-state index is 11.7. The van der Waals surface area contributed by atoms with E-state index in [-0.39, 0.29) is 17.9 Å². The lowest BCUT2D eigenvalue weighted by Gasteiger charge is -2.24. The number of anilines is 2. The molecule has 6 heteroatoms. The molecule has 1 aromatic rings. The zero-order chi connectivity index (χ0) is 13.1. The molecule has 0 spiro atoms. The van der Waals surface area contributed by atoms with E-state index in [0.29, 0.717) is 12.8 Å². The maximum Gasteiger partial charge on any atom is 0.249 e. The van der Waals surface area contributed by atoms with Crippen LogP contribution >= 0.6 is 15.9 Å². The number of halogens is 1. The molecule has 5 nitrogen and oxygen atoms in total. The molecule has 96 valence electrons. The number of carbonyl (C=O) groups excluding carboxylic acids is 2. The summed E-state index contributed by atoms with van der Waals surface area (Å²) in [4.78, 5) is 22.7. The van der Waals surface area contributed by atoms with Crippen molar-refractivity contribution < 1.29 is 9.59 Å². The van der Waals surface area contributed by atoms with Crippen molar-refractivity contribution in [3.05, 3.63) is 22.7 Å². The Bertz CT molecular complexity index is 490. The van der Waals surface area contributed by atoms with E-state index >= 15 is 0 Å². The minimum absolute atomic E-state index is 0.206. The van der Waals surface area contributed by atoms with Crippen LogP contribution in [0.4, 0.5) is 11.4 Å². The molecule has 1 aliphatic heterocycles. The Balaban J connectivity index is 2.14. The van der Waals surface area contributed by atoms with Crippen molar-refractivity contribution in [1.82, 2.24) is 5.32 Å². The molecule has 0 aliphatic carbocycles.